The zero-order chi connectivity index (χ0) is 75.1. The molecule has 0 aromatic rings. The van der Waals surface area contributed by atoms with Crippen LogP contribution in [0.3, 0.4) is 0 Å². The summed E-state index contributed by atoms with van der Waals surface area (Å²) in [5, 5.41) is 10.6. The molecule has 0 radical (unpaired) electrons. The summed E-state index contributed by atoms with van der Waals surface area (Å²) in [5.74, 6) is 0.200. The Morgan fingerprint density at radius 1 is 0.324 bits per heavy atom. The SMILES string of the molecule is CCCCCC/C=C\C=C/CCCCCCCC(=O)O[C@H](COC(=O)CCCCCCCCC(C)CC)COP(=O)(O)OC[C@H](O)COP(=O)(O)OC[C@@H](COC(=O)CCCCCCCCCCCCCCCCCC(C)C)OC(=O)CCCCCCCCCCCCCCCCCCC(C)C. The number of hydrogen-bond acceptors (Lipinski definition) is 15. The van der Waals surface area contributed by atoms with Gasteiger partial charge in [0, 0.05) is 25.7 Å². The van der Waals surface area contributed by atoms with E-state index in [1.807, 2.05) is 0 Å². The number of carbonyl (C=O) groups is 4. The second-order valence-corrected chi connectivity index (χ2v) is 33.3. The van der Waals surface area contributed by atoms with Crippen LogP contribution < -0.4 is 0 Å². The Kier molecular flexibility index (Phi) is 71.0. The van der Waals surface area contributed by atoms with Crippen molar-refractivity contribution in [3.63, 3.8) is 0 Å². The van der Waals surface area contributed by atoms with Gasteiger partial charge in [0.2, 0.25) is 0 Å². The molecule has 6 atom stereocenters. The van der Waals surface area contributed by atoms with Crippen molar-refractivity contribution in [3.05, 3.63) is 24.3 Å². The van der Waals surface area contributed by atoms with Crippen molar-refractivity contribution in [2.45, 2.75) is 426 Å². The lowest BCUT2D eigenvalue weighted by Gasteiger charge is -2.21. The maximum absolute atomic E-state index is 13.1. The number of phosphoric acid groups is 2. The monoisotopic (exact) mass is 1490 g/mol. The maximum Gasteiger partial charge on any atom is 0.472 e. The van der Waals surface area contributed by atoms with Crippen molar-refractivity contribution in [1.82, 2.24) is 0 Å². The van der Waals surface area contributed by atoms with E-state index in [-0.39, 0.29) is 25.7 Å². The van der Waals surface area contributed by atoms with E-state index >= 15 is 0 Å². The Balaban J connectivity index is 5.27. The smallest absolute Gasteiger partial charge is 0.462 e. The molecule has 3 unspecified atom stereocenters. The molecule has 0 rings (SSSR count). The molecule has 0 heterocycles. The molecule has 0 aliphatic carbocycles. The van der Waals surface area contributed by atoms with Gasteiger partial charge < -0.3 is 33.8 Å². The van der Waals surface area contributed by atoms with Crippen molar-refractivity contribution in [2.24, 2.45) is 17.8 Å². The number of esters is 4. The van der Waals surface area contributed by atoms with Crippen LogP contribution in [0.15, 0.2) is 24.3 Å². The number of hydrogen-bond donors (Lipinski definition) is 3. The zero-order valence-corrected chi connectivity index (χ0v) is 68.4. The third-order valence-electron chi connectivity index (χ3n) is 19.1. The zero-order valence-electron chi connectivity index (χ0n) is 66.6. The van der Waals surface area contributed by atoms with Crippen molar-refractivity contribution in [2.75, 3.05) is 39.6 Å². The molecule has 602 valence electrons. The van der Waals surface area contributed by atoms with Gasteiger partial charge in [0.15, 0.2) is 12.2 Å². The van der Waals surface area contributed by atoms with Crippen LogP contribution >= 0.6 is 15.6 Å². The fraction of sp³-hybridized carbons (Fsp3) is 0.904. The summed E-state index contributed by atoms with van der Waals surface area (Å²) in [6.45, 7) is 11.9. The van der Waals surface area contributed by atoms with Crippen LogP contribution in [0.25, 0.3) is 0 Å². The van der Waals surface area contributed by atoms with E-state index < -0.39 is 97.5 Å². The number of carbonyl (C=O) groups excluding carboxylic acids is 4. The first-order valence-corrected chi connectivity index (χ1v) is 45.2. The lowest BCUT2D eigenvalue weighted by atomic mass is 10.00. The summed E-state index contributed by atoms with van der Waals surface area (Å²) in [5.41, 5.74) is 0. The Morgan fingerprint density at radius 2 is 0.578 bits per heavy atom. The van der Waals surface area contributed by atoms with Crippen molar-refractivity contribution in [1.29, 1.82) is 0 Å². The highest BCUT2D eigenvalue weighted by atomic mass is 31.2. The number of rotatable bonds is 79. The Bertz CT molecular complexity index is 2070. The lowest BCUT2D eigenvalue weighted by molar-refractivity contribution is -0.161. The topological polar surface area (TPSA) is 237 Å². The van der Waals surface area contributed by atoms with Crippen molar-refractivity contribution >= 4 is 39.5 Å². The highest BCUT2D eigenvalue weighted by Crippen LogP contribution is 2.45. The Labute approximate surface area is 624 Å². The lowest BCUT2D eigenvalue weighted by Crippen LogP contribution is -2.30. The fourth-order valence-corrected chi connectivity index (χ4v) is 13.8. The van der Waals surface area contributed by atoms with Crippen LogP contribution in [-0.2, 0) is 65.4 Å². The Hall–Kier alpha value is -2.46. The van der Waals surface area contributed by atoms with E-state index in [4.69, 9.17) is 37.0 Å². The molecule has 0 bridgehead atoms. The second-order valence-electron chi connectivity index (χ2n) is 30.4. The van der Waals surface area contributed by atoms with E-state index in [2.05, 4.69) is 72.8 Å². The molecule has 17 nitrogen and oxygen atoms in total. The molecule has 3 N–H and O–H groups in total. The predicted molar refractivity (Wildman–Crippen MR) is 418 cm³/mol. The van der Waals surface area contributed by atoms with Crippen molar-refractivity contribution in [3.8, 4) is 0 Å². The summed E-state index contributed by atoms with van der Waals surface area (Å²) in [6.07, 6.45) is 64.7. The number of ether oxygens (including phenoxy) is 4. The minimum absolute atomic E-state index is 0.0841. The van der Waals surface area contributed by atoms with Gasteiger partial charge in [-0.3, -0.25) is 37.3 Å². The highest BCUT2D eigenvalue weighted by molar-refractivity contribution is 7.47. The van der Waals surface area contributed by atoms with Crippen molar-refractivity contribution < 1.29 is 80.2 Å². The molecule has 0 amide bonds. The van der Waals surface area contributed by atoms with E-state index in [0.717, 1.165) is 127 Å². The summed E-state index contributed by atoms with van der Waals surface area (Å²) in [6, 6.07) is 0. The number of phosphoric ester groups is 2. The van der Waals surface area contributed by atoms with Gasteiger partial charge in [0.25, 0.3) is 0 Å². The van der Waals surface area contributed by atoms with Crippen LogP contribution in [0, 0.1) is 17.8 Å². The molecular formula is C83H158O17P2. The second kappa shape index (κ2) is 72.7. The largest absolute Gasteiger partial charge is 0.472 e. The molecular weight excluding hydrogens is 1330 g/mol. The standard InChI is InChI=1S/C83H158O17P2/c1-8-10-11-12-13-14-15-16-20-28-33-38-43-52-59-67-83(88)100-79(71-94-81(86)65-58-51-46-45-49-56-63-76(7)9-2)73-98-102(91,92)96-69-77(84)68-95-101(89,90)97-72-78(70-93-80(85)64-57-50-42-37-32-27-24-19-22-26-31-36-41-48-55-62-75(5)6)99-82(87)66-60-53-44-39-34-29-23-18-17-21-25-30-35-40-47-54-61-74(3)4/h14-16,20,74-79,84H,8-13,17-19,21-73H2,1-7H3,(H,89,90)(H,91,92)/b15-14-,20-16-/t76?,77-,78-,79-/m1/s1. The van der Waals surface area contributed by atoms with Gasteiger partial charge in [0.1, 0.15) is 19.3 Å². The molecule has 0 saturated carbocycles. The molecule has 0 spiro atoms. The molecule has 0 aromatic carbocycles. The molecule has 0 saturated heterocycles. The highest BCUT2D eigenvalue weighted by Gasteiger charge is 2.30. The van der Waals surface area contributed by atoms with Gasteiger partial charge in [-0.05, 0) is 69.1 Å². The molecule has 0 aliphatic rings. The average molecular weight is 1490 g/mol. The van der Waals surface area contributed by atoms with Gasteiger partial charge in [-0.15, -0.1) is 0 Å². The van der Waals surface area contributed by atoms with E-state index in [1.165, 1.54) is 199 Å². The summed E-state index contributed by atoms with van der Waals surface area (Å²) >= 11 is 0. The third kappa shape index (κ3) is 74.4. The molecule has 19 heteroatoms. The summed E-state index contributed by atoms with van der Waals surface area (Å²) < 4.78 is 68.7. The molecule has 0 aromatic heterocycles. The number of aliphatic hydroxyl groups is 1. The summed E-state index contributed by atoms with van der Waals surface area (Å²) in [7, 11) is -9.94. The first kappa shape index (κ1) is 99.5. The number of unbranched alkanes of at least 4 members (excludes halogenated alkanes) is 43. The quantitative estimate of drug-likeness (QED) is 0.0169. The normalized spacial score (nSPS) is 14.4. The summed E-state index contributed by atoms with van der Waals surface area (Å²) in [4.78, 5) is 73.1. The average Bonchev–Trinajstić information content (AvgIpc) is 0.951. The van der Waals surface area contributed by atoms with Crippen LogP contribution in [0.1, 0.15) is 408 Å². The van der Waals surface area contributed by atoms with Crippen LogP contribution in [-0.4, -0.2) is 96.7 Å². The van der Waals surface area contributed by atoms with E-state index in [0.29, 0.717) is 25.7 Å². The van der Waals surface area contributed by atoms with Crippen LogP contribution in [0.5, 0.6) is 0 Å². The van der Waals surface area contributed by atoms with Crippen LogP contribution in [0.2, 0.25) is 0 Å². The minimum atomic E-state index is -4.97. The maximum atomic E-state index is 13.1. The molecule has 0 fully saturated rings. The predicted octanol–water partition coefficient (Wildman–Crippen LogP) is 24.5. The van der Waals surface area contributed by atoms with Gasteiger partial charge in [-0.25, -0.2) is 9.13 Å². The fourth-order valence-electron chi connectivity index (χ4n) is 12.3. The number of allylic oxidation sites excluding steroid dienone is 4. The Morgan fingerprint density at radius 3 is 0.873 bits per heavy atom. The molecule has 0 aliphatic heterocycles. The van der Waals surface area contributed by atoms with Gasteiger partial charge in [-0.2, -0.15) is 0 Å². The van der Waals surface area contributed by atoms with E-state index in [9.17, 15) is 43.2 Å². The third-order valence-corrected chi connectivity index (χ3v) is 21.0. The van der Waals surface area contributed by atoms with Crippen LogP contribution in [0.4, 0.5) is 0 Å². The van der Waals surface area contributed by atoms with E-state index in [1.54, 1.807) is 0 Å². The number of aliphatic hydroxyl groups excluding tert-OH is 1. The van der Waals surface area contributed by atoms with Gasteiger partial charge in [-0.1, -0.05) is 355 Å². The first-order chi connectivity index (χ1) is 49.3. The van der Waals surface area contributed by atoms with Gasteiger partial charge in [0.05, 0.1) is 26.4 Å². The van der Waals surface area contributed by atoms with Gasteiger partial charge >= 0.3 is 39.5 Å². The molecule has 102 heavy (non-hydrogen) atoms. The first-order valence-electron chi connectivity index (χ1n) is 42.2. The minimum Gasteiger partial charge on any atom is -0.462 e.